The Hall–Kier alpha value is -0.950. The number of nitrogens with one attached hydrogen (secondary N) is 1. The van der Waals surface area contributed by atoms with Crippen LogP contribution in [-0.4, -0.2) is 0 Å². The van der Waals surface area contributed by atoms with Crippen molar-refractivity contribution in [3.8, 4) is 0 Å². The zero-order valence-corrected chi connectivity index (χ0v) is 12.5. The molecule has 0 aromatic heterocycles. The minimum Gasteiger partial charge on any atom is -0.359 e. The molecule has 1 aromatic carbocycles. The Bertz CT molecular complexity index is 398. The molecule has 0 saturated heterocycles. The third-order valence-electron chi connectivity index (χ3n) is 3.45. The molecule has 0 aliphatic rings. The summed E-state index contributed by atoms with van der Waals surface area (Å²) in [5, 5.41) is 4.23. The summed E-state index contributed by atoms with van der Waals surface area (Å²) in [5.74, 6) is 0.545. The van der Waals surface area contributed by atoms with Crippen LogP contribution in [-0.2, 0) is 0 Å². The number of allylic oxidation sites excluding steroid dienone is 1. The van der Waals surface area contributed by atoms with E-state index >= 15 is 0 Å². The summed E-state index contributed by atoms with van der Waals surface area (Å²) in [5.41, 5.74) is 3.27. The normalized spacial score (nSPS) is 12.2. The van der Waals surface area contributed by atoms with Crippen LogP contribution in [0, 0.1) is 12.8 Å². The fourth-order valence-electron chi connectivity index (χ4n) is 2.09. The monoisotopic (exact) mass is 265 g/mol. The van der Waals surface area contributed by atoms with E-state index < -0.39 is 0 Å². The van der Waals surface area contributed by atoms with E-state index in [1.165, 1.54) is 19.3 Å². The molecule has 1 N–H and O–H groups in total. The lowest BCUT2D eigenvalue weighted by Crippen LogP contribution is -2.11. The molecule has 1 aromatic rings. The molecule has 1 rings (SSSR count). The molecule has 0 heterocycles. The average molecular weight is 266 g/mol. The van der Waals surface area contributed by atoms with Crippen LogP contribution in [0.15, 0.2) is 30.5 Å². The molecule has 0 bridgehead atoms. The van der Waals surface area contributed by atoms with E-state index in [4.69, 9.17) is 11.6 Å². The second-order valence-electron chi connectivity index (χ2n) is 4.81. The van der Waals surface area contributed by atoms with E-state index in [-0.39, 0.29) is 0 Å². The maximum Gasteiger partial charge on any atom is 0.0455 e. The van der Waals surface area contributed by atoms with Gasteiger partial charge in [0.1, 0.15) is 0 Å². The average Bonchev–Trinajstić information content (AvgIpc) is 2.36. The molecular formula is C16H24ClN. The molecule has 100 valence electrons. The van der Waals surface area contributed by atoms with Crippen LogP contribution in [0.2, 0.25) is 5.02 Å². The Balaban J connectivity index is 2.70. The van der Waals surface area contributed by atoms with E-state index in [1.54, 1.807) is 0 Å². The number of benzene rings is 1. The summed E-state index contributed by atoms with van der Waals surface area (Å²) in [6.45, 7) is 10.7. The molecule has 0 aliphatic heterocycles. The highest BCUT2D eigenvalue weighted by atomic mass is 35.5. The van der Waals surface area contributed by atoms with Gasteiger partial charge in [-0.1, -0.05) is 50.9 Å². The van der Waals surface area contributed by atoms with Gasteiger partial charge in [0.2, 0.25) is 0 Å². The highest BCUT2D eigenvalue weighted by Crippen LogP contribution is 2.27. The molecule has 0 radical (unpaired) electrons. The molecule has 0 spiro atoms. The number of hydrogen-bond acceptors (Lipinski definition) is 1. The number of hydrogen-bond donors (Lipinski definition) is 1. The first-order chi connectivity index (χ1) is 8.60. The minimum atomic E-state index is 0.545. The van der Waals surface area contributed by atoms with Crippen molar-refractivity contribution in [1.29, 1.82) is 0 Å². The van der Waals surface area contributed by atoms with Crippen LogP contribution in [0.25, 0.3) is 0 Å². The molecule has 0 saturated carbocycles. The first-order valence-electron chi connectivity index (χ1n) is 6.81. The number of halogens is 1. The highest BCUT2D eigenvalue weighted by Gasteiger charge is 2.11. The van der Waals surface area contributed by atoms with Crippen molar-refractivity contribution in [2.75, 3.05) is 5.32 Å². The van der Waals surface area contributed by atoms with Crippen molar-refractivity contribution < 1.29 is 0 Å². The quantitative estimate of drug-likeness (QED) is 0.658. The molecule has 0 fully saturated rings. The number of rotatable bonds is 7. The fraction of sp³-hybridized carbons (Fsp3) is 0.500. The maximum absolute atomic E-state index is 6.12. The van der Waals surface area contributed by atoms with Crippen LogP contribution in [0.3, 0.4) is 0 Å². The first kappa shape index (κ1) is 15.1. The van der Waals surface area contributed by atoms with Gasteiger partial charge in [-0.15, -0.1) is 0 Å². The summed E-state index contributed by atoms with van der Waals surface area (Å²) >= 11 is 6.12. The Morgan fingerprint density at radius 1 is 1.39 bits per heavy atom. The van der Waals surface area contributed by atoms with Gasteiger partial charge in [-0.25, -0.2) is 0 Å². The largest absolute Gasteiger partial charge is 0.359 e. The van der Waals surface area contributed by atoms with E-state index in [1.807, 2.05) is 19.1 Å². The predicted molar refractivity (Wildman–Crippen MR) is 82.3 cm³/mol. The van der Waals surface area contributed by atoms with Crippen LogP contribution in [0.5, 0.6) is 0 Å². The van der Waals surface area contributed by atoms with E-state index in [2.05, 4.69) is 31.8 Å². The Labute approximate surface area is 116 Å². The molecule has 1 unspecified atom stereocenters. The van der Waals surface area contributed by atoms with Crippen molar-refractivity contribution in [2.45, 2.75) is 46.5 Å². The van der Waals surface area contributed by atoms with Crippen molar-refractivity contribution in [1.82, 2.24) is 0 Å². The van der Waals surface area contributed by atoms with Crippen LogP contribution in [0.4, 0.5) is 5.69 Å². The van der Waals surface area contributed by atoms with Gasteiger partial charge in [0.05, 0.1) is 0 Å². The standard InChI is InChI=1S/C16H24ClN/c1-5-7-9-14(6-2)13(4)18-16-11-8-10-15(17)12(16)3/h8,10-11,14,18H,4-7,9H2,1-3H3. The fourth-order valence-corrected chi connectivity index (χ4v) is 2.27. The van der Waals surface area contributed by atoms with Crippen molar-refractivity contribution in [3.63, 3.8) is 0 Å². The van der Waals surface area contributed by atoms with Gasteiger partial charge < -0.3 is 5.32 Å². The molecular weight excluding hydrogens is 242 g/mol. The summed E-state index contributed by atoms with van der Waals surface area (Å²) in [6, 6.07) is 5.94. The third kappa shape index (κ3) is 4.06. The van der Waals surface area contributed by atoms with Crippen molar-refractivity contribution in [3.05, 3.63) is 41.1 Å². The lowest BCUT2D eigenvalue weighted by Gasteiger charge is -2.20. The maximum atomic E-state index is 6.12. The smallest absolute Gasteiger partial charge is 0.0455 e. The molecule has 0 aliphatic carbocycles. The lowest BCUT2D eigenvalue weighted by atomic mass is 9.96. The molecule has 18 heavy (non-hydrogen) atoms. The molecule has 1 nitrogen and oxygen atoms in total. The van der Waals surface area contributed by atoms with Crippen LogP contribution in [0.1, 0.15) is 45.1 Å². The Morgan fingerprint density at radius 2 is 2.11 bits per heavy atom. The van der Waals surface area contributed by atoms with Gasteiger partial charge in [0.25, 0.3) is 0 Å². The SMILES string of the molecule is C=C(Nc1cccc(Cl)c1C)C(CC)CCCC. The van der Waals surface area contributed by atoms with Crippen LogP contribution < -0.4 is 5.32 Å². The number of anilines is 1. The summed E-state index contributed by atoms with van der Waals surface area (Å²) in [6.07, 6.45) is 4.83. The van der Waals surface area contributed by atoms with Gasteiger partial charge in [-0.3, -0.25) is 0 Å². The van der Waals surface area contributed by atoms with Crippen molar-refractivity contribution >= 4 is 17.3 Å². The van der Waals surface area contributed by atoms with Gasteiger partial charge in [-0.2, -0.15) is 0 Å². The van der Waals surface area contributed by atoms with Crippen molar-refractivity contribution in [2.24, 2.45) is 5.92 Å². The number of unbranched alkanes of at least 4 members (excludes halogenated alkanes) is 1. The topological polar surface area (TPSA) is 12.0 Å². The van der Waals surface area contributed by atoms with Gasteiger partial charge >= 0.3 is 0 Å². The van der Waals surface area contributed by atoms with Gasteiger partial charge in [-0.05, 0) is 43.4 Å². The lowest BCUT2D eigenvalue weighted by molar-refractivity contribution is 0.518. The van der Waals surface area contributed by atoms with Crippen LogP contribution >= 0.6 is 11.6 Å². The molecule has 2 heteroatoms. The molecule has 1 atom stereocenters. The Morgan fingerprint density at radius 3 is 2.72 bits per heavy atom. The van der Waals surface area contributed by atoms with Gasteiger partial charge in [0, 0.05) is 16.4 Å². The Kier molecular flexibility index (Phi) is 6.28. The summed E-state index contributed by atoms with van der Waals surface area (Å²) < 4.78 is 0. The van der Waals surface area contributed by atoms with E-state index in [9.17, 15) is 0 Å². The summed E-state index contributed by atoms with van der Waals surface area (Å²) in [7, 11) is 0. The molecule has 0 amide bonds. The second-order valence-corrected chi connectivity index (χ2v) is 5.22. The van der Waals surface area contributed by atoms with Gasteiger partial charge in [0.15, 0.2) is 0 Å². The highest BCUT2D eigenvalue weighted by molar-refractivity contribution is 6.31. The zero-order chi connectivity index (χ0) is 13.5. The predicted octanol–water partition coefficient (Wildman–Crippen LogP) is 5.79. The third-order valence-corrected chi connectivity index (χ3v) is 3.86. The first-order valence-corrected chi connectivity index (χ1v) is 7.18. The zero-order valence-electron chi connectivity index (χ0n) is 11.7. The minimum absolute atomic E-state index is 0.545. The second kappa shape index (κ2) is 7.48. The summed E-state index contributed by atoms with van der Waals surface area (Å²) in [4.78, 5) is 0. The van der Waals surface area contributed by atoms with E-state index in [0.29, 0.717) is 5.92 Å². The van der Waals surface area contributed by atoms with E-state index in [0.717, 1.165) is 28.4 Å².